The molecular formula is C13H14FN. The SMILES string of the molecule is CC=N/C=C(/C)CC1=CC=C(F)CC#C1. The standard InChI is InChI=1S/C13H14FN/c1-3-15-10-11(2)9-12-5-4-6-13(14)8-7-12/h3,7-8,10H,6,9H2,1-2H3/b11-10-,15-3?. The van der Waals surface area contributed by atoms with Crippen LogP contribution in [0.4, 0.5) is 4.39 Å². The molecule has 0 saturated carbocycles. The molecule has 0 aromatic rings. The fraction of sp³-hybridized carbons (Fsp3) is 0.308. The Hall–Kier alpha value is -1.62. The third kappa shape index (κ3) is 4.42. The molecule has 0 saturated heterocycles. The maximum atomic E-state index is 12.8. The van der Waals surface area contributed by atoms with Gasteiger partial charge in [-0.2, -0.15) is 0 Å². The van der Waals surface area contributed by atoms with E-state index in [1.807, 2.05) is 13.8 Å². The molecule has 2 heteroatoms. The van der Waals surface area contributed by atoms with Gasteiger partial charge in [0.05, 0.1) is 6.42 Å². The van der Waals surface area contributed by atoms with Crippen LogP contribution in [0.5, 0.6) is 0 Å². The molecule has 0 radical (unpaired) electrons. The summed E-state index contributed by atoms with van der Waals surface area (Å²) in [7, 11) is 0. The van der Waals surface area contributed by atoms with Crippen molar-refractivity contribution in [3.63, 3.8) is 0 Å². The number of halogens is 1. The predicted molar refractivity (Wildman–Crippen MR) is 62.2 cm³/mol. The van der Waals surface area contributed by atoms with Gasteiger partial charge in [0.25, 0.3) is 0 Å². The van der Waals surface area contributed by atoms with Gasteiger partial charge in [-0.15, -0.1) is 0 Å². The van der Waals surface area contributed by atoms with Crippen molar-refractivity contribution in [1.82, 2.24) is 0 Å². The van der Waals surface area contributed by atoms with Crippen molar-refractivity contribution in [1.29, 1.82) is 0 Å². The van der Waals surface area contributed by atoms with Crippen LogP contribution in [-0.2, 0) is 0 Å². The first-order chi connectivity index (χ1) is 7.22. The van der Waals surface area contributed by atoms with Crippen molar-refractivity contribution in [2.24, 2.45) is 4.99 Å². The van der Waals surface area contributed by atoms with Crippen LogP contribution in [0.3, 0.4) is 0 Å². The van der Waals surface area contributed by atoms with Crippen molar-refractivity contribution in [3.8, 4) is 11.8 Å². The molecule has 78 valence electrons. The topological polar surface area (TPSA) is 12.4 Å². The van der Waals surface area contributed by atoms with Gasteiger partial charge >= 0.3 is 0 Å². The molecule has 0 fully saturated rings. The average Bonchev–Trinajstić information content (AvgIpc) is 2.41. The molecule has 0 heterocycles. The van der Waals surface area contributed by atoms with Crippen molar-refractivity contribution >= 4 is 6.21 Å². The third-order valence-corrected chi connectivity index (χ3v) is 1.88. The molecule has 15 heavy (non-hydrogen) atoms. The molecular weight excluding hydrogens is 189 g/mol. The molecule has 0 N–H and O–H groups in total. The second-order valence-electron chi connectivity index (χ2n) is 3.34. The van der Waals surface area contributed by atoms with Gasteiger partial charge in [0.1, 0.15) is 5.83 Å². The lowest BCUT2D eigenvalue weighted by atomic mass is 10.1. The lowest BCUT2D eigenvalue weighted by Gasteiger charge is -1.97. The van der Waals surface area contributed by atoms with Gasteiger partial charge in [-0.05, 0) is 31.6 Å². The van der Waals surface area contributed by atoms with Crippen LogP contribution in [0.2, 0.25) is 0 Å². The first-order valence-electron chi connectivity index (χ1n) is 4.90. The maximum absolute atomic E-state index is 12.8. The van der Waals surface area contributed by atoms with Gasteiger partial charge in [0, 0.05) is 24.4 Å². The summed E-state index contributed by atoms with van der Waals surface area (Å²) in [6.45, 7) is 3.85. The van der Waals surface area contributed by atoms with Crippen LogP contribution in [0.15, 0.2) is 40.3 Å². The zero-order chi connectivity index (χ0) is 11.1. The molecule has 1 aliphatic rings. The van der Waals surface area contributed by atoms with E-state index in [4.69, 9.17) is 0 Å². The Kier molecular flexibility index (Phi) is 4.56. The van der Waals surface area contributed by atoms with Crippen LogP contribution < -0.4 is 0 Å². The Morgan fingerprint density at radius 3 is 3.13 bits per heavy atom. The van der Waals surface area contributed by atoms with Crippen LogP contribution in [0.25, 0.3) is 0 Å². The zero-order valence-corrected chi connectivity index (χ0v) is 9.05. The van der Waals surface area contributed by atoms with Crippen molar-refractivity contribution in [2.75, 3.05) is 0 Å². The zero-order valence-electron chi connectivity index (χ0n) is 9.05. The molecule has 0 amide bonds. The largest absolute Gasteiger partial charge is 0.269 e. The average molecular weight is 203 g/mol. The summed E-state index contributed by atoms with van der Waals surface area (Å²) in [6, 6.07) is 0. The number of hydrogen-bond donors (Lipinski definition) is 0. The van der Waals surface area contributed by atoms with Gasteiger partial charge < -0.3 is 0 Å². The fourth-order valence-corrected chi connectivity index (χ4v) is 1.18. The molecule has 0 aromatic carbocycles. The summed E-state index contributed by atoms with van der Waals surface area (Å²) >= 11 is 0. The summed E-state index contributed by atoms with van der Waals surface area (Å²) in [5.41, 5.74) is 2.05. The smallest absolute Gasteiger partial charge is 0.112 e. The molecule has 0 aromatic heterocycles. The summed E-state index contributed by atoms with van der Waals surface area (Å²) in [4.78, 5) is 4.02. The molecule has 1 nitrogen and oxygen atoms in total. The monoisotopic (exact) mass is 203 g/mol. The first-order valence-corrected chi connectivity index (χ1v) is 4.90. The van der Waals surface area contributed by atoms with Gasteiger partial charge in [-0.25, -0.2) is 4.39 Å². The van der Waals surface area contributed by atoms with Crippen LogP contribution >= 0.6 is 0 Å². The van der Waals surface area contributed by atoms with Gasteiger partial charge in [0.15, 0.2) is 0 Å². The molecule has 1 aliphatic carbocycles. The Balaban J connectivity index is 2.69. The van der Waals surface area contributed by atoms with Gasteiger partial charge in [-0.1, -0.05) is 11.8 Å². The Labute approximate surface area is 90.1 Å². The first kappa shape index (κ1) is 11.5. The fourth-order valence-electron chi connectivity index (χ4n) is 1.18. The summed E-state index contributed by atoms with van der Waals surface area (Å²) in [5.74, 6) is 5.55. The summed E-state index contributed by atoms with van der Waals surface area (Å²) in [6.07, 6.45) is 7.69. The van der Waals surface area contributed by atoms with Gasteiger partial charge in [-0.3, -0.25) is 4.99 Å². The van der Waals surface area contributed by atoms with E-state index < -0.39 is 0 Å². The van der Waals surface area contributed by atoms with Crippen LogP contribution in [0, 0.1) is 11.8 Å². The second-order valence-corrected chi connectivity index (χ2v) is 3.34. The minimum atomic E-state index is -0.175. The number of hydrogen-bond acceptors (Lipinski definition) is 1. The van der Waals surface area contributed by atoms with E-state index >= 15 is 0 Å². The number of allylic oxidation sites excluding steroid dienone is 5. The molecule has 0 spiro atoms. The molecule has 0 unspecified atom stereocenters. The number of nitrogens with zero attached hydrogens (tertiary/aromatic N) is 1. The second kappa shape index (κ2) is 5.98. The molecule has 1 rings (SSSR count). The van der Waals surface area contributed by atoms with Crippen LogP contribution in [0.1, 0.15) is 26.7 Å². The van der Waals surface area contributed by atoms with Crippen LogP contribution in [-0.4, -0.2) is 6.21 Å². The summed E-state index contributed by atoms with van der Waals surface area (Å²) < 4.78 is 12.8. The molecule has 0 atom stereocenters. The van der Waals surface area contributed by atoms with Gasteiger partial charge in [0.2, 0.25) is 0 Å². The Morgan fingerprint density at radius 1 is 1.60 bits per heavy atom. The highest BCUT2D eigenvalue weighted by molar-refractivity contribution is 5.54. The van der Waals surface area contributed by atoms with Crippen molar-refractivity contribution in [2.45, 2.75) is 26.7 Å². The van der Waals surface area contributed by atoms with E-state index in [0.29, 0.717) is 0 Å². The highest BCUT2D eigenvalue weighted by atomic mass is 19.1. The lowest BCUT2D eigenvalue weighted by Crippen LogP contribution is -1.81. The molecule has 0 aliphatic heterocycles. The number of rotatable bonds is 3. The van der Waals surface area contributed by atoms with E-state index in [1.165, 1.54) is 6.08 Å². The van der Waals surface area contributed by atoms with E-state index in [-0.39, 0.29) is 12.2 Å². The van der Waals surface area contributed by atoms with E-state index in [1.54, 1.807) is 18.5 Å². The highest BCUT2D eigenvalue weighted by Gasteiger charge is 1.98. The lowest BCUT2D eigenvalue weighted by molar-refractivity contribution is 0.622. The third-order valence-electron chi connectivity index (χ3n) is 1.88. The summed E-state index contributed by atoms with van der Waals surface area (Å²) in [5, 5.41) is 0. The maximum Gasteiger partial charge on any atom is 0.112 e. The van der Waals surface area contributed by atoms with Crippen molar-refractivity contribution < 1.29 is 4.39 Å². The predicted octanol–water partition coefficient (Wildman–Crippen LogP) is 3.56. The van der Waals surface area contributed by atoms with E-state index in [0.717, 1.165) is 17.6 Å². The highest BCUT2D eigenvalue weighted by Crippen LogP contribution is 2.14. The molecule has 0 bridgehead atoms. The minimum Gasteiger partial charge on any atom is -0.269 e. The Bertz CT molecular complexity index is 400. The minimum absolute atomic E-state index is 0.175. The van der Waals surface area contributed by atoms with E-state index in [9.17, 15) is 4.39 Å². The van der Waals surface area contributed by atoms with Crippen molar-refractivity contribution in [3.05, 3.63) is 35.3 Å². The Morgan fingerprint density at radius 2 is 2.40 bits per heavy atom. The normalized spacial score (nSPS) is 16.6. The quantitative estimate of drug-likeness (QED) is 0.491. The number of aliphatic imine (C=N–C) groups is 1. The van der Waals surface area contributed by atoms with E-state index in [2.05, 4.69) is 16.8 Å².